The van der Waals surface area contributed by atoms with E-state index in [1.165, 1.54) is 0 Å². The molecule has 0 bridgehead atoms. The highest BCUT2D eigenvalue weighted by atomic mass is 16.5. The highest BCUT2D eigenvalue weighted by Crippen LogP contribution is 2.22. The summed E-state index contributed by atoms with van der Waals surface area (Å²) >= 11 is 0. The van der Waals surface area contributed by atoms with Gasteiger partial charge in [0.2, 0.25) is 0 Å². The van der Waals surface area contributed by atoms with E-state index in [4.69, 9.17) is 9.47 Å². The first-order valence-electron chi connectivity index (χ1n) is 6.36. The number of hydrogen-bond donors (Lipinski definition) is 2. The lowest BCUT2D eigenvalue weighted by Crippen LogP contribution is -1.99. The molecule has 2 aromatic carbocycles. The first-order chi connectivity index (χ1) is 9.74. The second-order valence-corrected chi connectivity index (χ2v) is 4.41. The summed E-state index contributed by atoms with van der Waals surface area (Å²) in [7, 11) is 1.63. The van der Waals surface area contributed by atoms with Crippen LogP contribution in [0.15, 0.2) is 42.5 Å². The zero-order chi connectivity index (χ0) is 14.4. The van der Waals surface area contributed by atoms with Crippen LogP contribution in [0.25, 0.3) is 0 Å². The second kappa shape index (κ2) is 6.93. The predicted molar refractivity (Wildman–Crippen MR) is 75.5 cm³/mol. The van der Waals surface area contributed by atoms with Crippen molar-refractivity contribution in [2.75, 3.05) is 7.11 Å². The number of aliphatic hydroxyl groups excluding tert-OH is 1. The molecule has 4 heteroatoms. The van der Waals surface area contributed by atoms with Crippen LogP contribution in [-0.2, 0) is 24.6 Å². The molecule has 0 unspecified atom stereocenters. The first-order valence-corrected chi connectivity index (χ1v) is 6.36. The Morgan fingerprint density at radius 2 is 1.75 bits per heavy atom. The normalized spacial score (nSPS) is 10.5. The molecule has 0 aromatic heterocycles. The van der Waals surface area contributed by atoms with Crippen molar-refractivity contribution in [2.45, 2.75) is 19.8 Å². The summed E-state index contributed by atoms with van der Waals surface area (Å²) in [5.74, 6) is 0.905. The van der Waals surface area contributed by atoms with Crippen molar-refractivity contribution in [1.82, 2.24) is 0 Å². The molecule has 0 saturated carbocycles. The molecule has 2 aromatic rings. The summed E-state index contributed by atoms with van der Waals surface area (Å²) in [6, 6.07) is 12.8. The molecule has 0 aliphatic carbocycles. The molecule has 0 fully saturated rings. The van der Waals surface area contributed by atoms with E-state index in [-0.39, 0.29) is 12.4 Å². The SMILES string of the molecule is COc1ccc(COCc2cccc(O)c2CO)cc1. The molecule has 0 radical (unpaired) electrons. The van der Waals surface area contributed by atoms with Gasteiger partial charge in [-0.05, 0) is 29.3 Å². The topological polar surface area (TPSA) is 58.9 Å². The predicted octanol–water partition coefficient (Wildman–Crippen LogP) is 2.61. The molecular weight excluding hydrogens is 256 g/mol. The van der Waals surface area contributed by atoms with Crippen LogP contribution in [0.3, 0.4) is 0 Å². The van der Waals surface area contributed by atoms with Crippen LogP contribution in [0.5, 0.6) is 11.5 Å². The number of phenols is 1. The quantitative estimate of drug-likeness (QED) is 0.850. The van der Waals surface area contributed by atoms with Gasteiger partial charge in [-0.1, -0.05) is 24.3 Å². The standard InChI is InChI=1S/C16H18O4/c1-19-14-7-5-12(6-8-14)10-20-11-13-3-2-4-16(18)15(13)9-17/h2-8,17-18H,9-11H2,1H3. The monoisotopic (exact) mass is 274 g/mol. The highest BCUT2D eigenvalue weighted by molar-refractivity contribution is 5.38. The smallest absolute Gasteiger partial charge is 0.121 e. The zero-order valence-corrected chi connectivity index (χ0v) is 11.4. The van der Waals surface area contributed by atoms with E-state index in [9.17, 15) is 10.2 Å². The molecule has 20 heavy (non-hydrogen) atoms. The first kappa shape index (κ1) is 14.4. The van der Waals surface area contributed by atoms with Crippen LogP contribution in [0.2, 0.25) is 0 Å². The van der Waals surface area contributed by atoms with Crippen molar-refractivity contribution in [2.24, 2.45) is 0 Å². The third kappa shape index (κ3) is 3.50. The molecule has 0 aliphatic heterocycles. The van der Waals surface area contributed by atoms with Gasteiger partial charge in [0, 0.05) is 5.56 Å². The third-order valence-corrected chi connectivity index (χ3v) is 3.09. The van der Waals surface area contributed by atoms with E-state index in [1.54, 1.807) is 19.2 Å². The van der Waals surface area contributed by atoms with E-state index in [0.717, 1.165) is 16.9 Å². The third-order valence-electron chi connectivity index (χ3n) is 3.09. The van der Waals surface area contributed by atoms with Gasteiger partial charge in [0.05, 0.1) is 26.9 Å². The lowest BCUT2D eigenvalue weighted by atomic mass is 10.1. The molecule has 0 heterocycles. The number of ether oxygens (including phenoxy) is 2. The largest absolute Gasteiger partial charge is 0.508 e. The number of hydrogen-bond acceptors (Lipinski definition) is 4. The fourth-order valence-corrected chi connectivity index (χ4v) is 1.94. The minimum Gasteiger partial charge on any atom is -0.508 e. The van der Waals surface area contributed by atoms with E-state index in [1.807, 2.05) is 30.3 Å². The molecule has 0 saturated heterocycles. The number of aliphatic hydroxyl groups is 1. The van der Waals surface area contributed by atoms with Crippen LogP contribution in [0.1, 0.15) is 16.7 Å². The fourth-order valence-electron chi connectivity index (χ4n) is 1.94. The van der Waals surface area contributed by atoms with Gasteiger partial charge in [-0.3, -0.25) is 0 Å². The Hall–Kier alpha value is -2.04. The summed E-state index contributed by atoms with van der Waals surface area (Å²) in [6.07, 6.45) is 0. The summed E-state index contributed by atoms with van der Waals surface area (Å²) in [5.41, 5.74) is 2.35. The minimum absolute atomic E-state index is 0.0954. The molecule has 4 nitrogen and oxygen atoms in total. The van der Waals surface area contributed by atoms with E-state index in [0.29, 0.717) is 18.8 Å². The molecule has 0 spiro atoms. The Balaban J connectivity index is 1.94. The van der Waals surface area contributed by atoms with Gasteiger partial charge < -0.3 is 19.7 Å². The van der Waals surface area contributed by atoms with Gasteiger partial charge in [0.1, 0.15) is 11.5 Å². The van der Waals surface area contributed by atoms with E-state index in [2.05, 4.69) is 0 Å². The van der Waals surface area contributed by atoms with E-state index < -0.39 is 0 Å². The second-order valence-electron chi connectivity index (χ2n) is 4.41. The summed E-state index contributed by atoms with van der Waals surface area (Å²) < 4.78 is 10.7. The summed E-state index contributed by atoms with van der Waals surface area (Å²) in [6.45, 7) is 0.606. The lowest BCUT2D eigenvalue weighted by Gasteiger charge is -2.10. The van der Waals surface area contributed by atoms with E-state index >= 15 is 0 Å². The van der Waals surface area contributed by atoms with Crippen molar-refractivity contribution in [3.63, 3.8) is 0 Å². The molecule has 2 rings (SSSR count). The summed E-state index contributed by atoms with van der Waals surface area (Å²) in [4.78, 5) is 0. The Kier molecular flexibility index (Phi) is 4.98. The molecule has 0 atom stereocenters. The Bertz CT molecular complexity index is 549. The fraction of sp³-hybridized carbons (Fsp3) is 0.250. The van der Waals surface area contributed by atoms with Gasteiger partial charge in [-0.2, -0.15) is 0 Å². The molecule has 106 valence electrons. The lowest BCUT2D eigenvalue weighted by molar-refractivity contribution is 0.105. The molecular formula is C16H18O4. The maximum Gasteiger partial charge on any atom is 0.121 e. The minimum atomic E-state index is -0.200. The van der Waals surface area contributed by atoms with Crippen molar-refractivity contribution < 1.29 is 19.7 Å². The van der Waals surface area contributed by atoms with Gasteiger partial charge in [0.15, 0.2) is 0 Å². The van der Waals surface area contributed by atoms with Gasteiger partial charge >= 0.3 is 0 Å². The van der Waals surface area contributed by atoms with Gasteiger partial charge in [-0.15, -0.1) is 0 Å². The maximum absolute atomic E-state index is 9.64. The Morgan fingerprint density at radius 1 is 1.00 bits per heavy atom. The van der Waals surface area contributed by atoms with Gasteiger partial charge in [-0.25, -0.2) is 0 Å². The number of rotatable bonds is 6. The molecule has 2 N–H and O–H groups in total. The van der Waals surface area contributed by atoms with Crippen LogP contribution >= 0.6 is 0 Å². The van der Waals surface area contributed by atoms with Crippen molar-refractivity contribution >= 4 is 0 Å². The Morgan fingerprint density at radius 3 is 2.40 bits per heavy atom. The van der Waals surface area contributed by atoms with Crippen molar-refractivity contribution in [1.29, 1.82) is 0 Å². The van der Waals surface area contributed by atoms with Crippen LogP contribution in [0.4, 0.5) is 0 Å². The van der Waals surface area contributed by atoms with Crippen LogP contribution in [-0.4, -0.2) is 17.3 Å². The highest BCUT2D eigenvalue weighted by Gasteiger charge is 2.06. The number of methoxy groups -OCH3 is 1. The number of benzene rings is 2. The number of aromatic hydroxyl groups is 1. The molecule has 0 amide bonds. The van der Waals surface area contributed by atoms with Crippen molar-refractivity contribution in [3.05, 3.63) is 59.2 Å². The maximum atomic E-state index is 9.64. The Labute approximate surface area is 118 Å². The summed E-state index contributed by atoms with van der Waals surface area (Å²) in [5, 5.41) is 18.9. The van der Waals surface area contributed by atoms with Crippen LogP contribution in [0, 0.1) is 0 Å². The average Bonchev–Trinajstić information content (AvgIpc) is 2.48. The average molecular weight is 274 g/mol. The molecule has 0 aliphatic rings. The van der Waals surface area contributed by atoms with Crippen molar-refractivity contribution in [3.8, 4) is 11.5 Å². The zero-order valence-electron chi connectivity index (χ0n) is 11.4. The van der Waals surface area contributed by atoms with Gasteiger partial charge in [0.25, 0.3) is 0 Å². The van der Waals surface area contributed by atoms with Crippen LogP contribution < -0.4 is 4.74 Å².